The second-order valence-corrected chi connectivity index (χ2v) is 4.94. The molecule has 0 unspecified atom stereocenters. The van der Waals surface area contributed by atoms with Crippen LogP contribution in [0, 0.1) is 0 Å². The van der Waals surface area contributed by atoms with Gasteiger partial charge in [-0.3, -0.25) is 4.79 Å². The van der Waals surface area contributed by atoms with Gasteiger partial charge in [0.1, 0.15) is 0 Å². The molecule has 0 saturated heterocycles. The highest BCUT2D eigenvalue weighted by atomic mass is 35.5. The van der Waals surface area contributed by atoms with Crippen molar-refractivity contribution >= 4 is 29.1 Å². The Labute approximate surface area is 115 Å². The van der Waals surface area contributed by atoms with E-state index in [4.69, 9.17) is 11.6 Å². The third-order valence-corrected chi connectivity index (χ3v) is 3.21. The molecule has 19 heavy (non-hydrogen) atoms. The van der Waals surface area contributed by atoms with Crippen molar-refractivity contribution in [1.29, 1.82) is 0 Å². The molecular weight excluding hydrogens is 311 g/mol. The maximum absolute atomic E-state index is 12.7. The molecule has 0 radical (unpaired) electrons. The number of Topliss-reactive ketones (excluding diaryl/α,β-unsaturated/α-hetero) is 1. The fourth-order valence-electron chi connectivity index (χ4n) is 1.37. The van der Waals surface area contributed by atoms with E-state index >= 15 is 0 Å². The lowest BCUT2D eigenvalue weighted by Gasteiger charge is -2.12. The Kier molecular flexibility index (Phi) is 5.61. The minimum absolute atomic E-state index is 0.180. The molecule has 1 rings (SSSR count). The zero-order chi connectivity index (χ0) is 14.6. The first-order valence-electron chi connectivity index (χ1n) is 4.97. The molecule has 0 fully saturated rings. The van der Waals surface area contributed by atoms with Gasteiger partial charge < -0.3 is 0 Å². The Morgan fingerprint density at radius 3 is 2.42 bits per heavy atom. The molecular formula is C11H8ClF5OS. The standard InChI is InChI=1S/C11H8ClF5OS/c12-5-7(18)3-6-1-2-9(19-11(15,16)17)8(4-6)10(13)14/h1-2,4,10H,3,5H2. The zero-order valence-corrected chi connectivity index (χ0v) is 10.9. The predicted molar refractivity (Wildman–Crippen MR) is 62.7 cm³/mol. The summed E-state index contributed by atoms with van der Waals surface area (Å²) in [6.07, 6.45) is -3.23. The number of benzene rings is 1. The monoisotopic (exact) mass is 318 g/mol. The number of ketones is 1. The number of carbonyl (C=O) groups excluding carboxylic acids is 1. The van der Waals surface area contributed by atoms with Gasteiger partial charge in [0.15, 0.2) is 5.78 Å². The van der Waals surface area contributed by atoms with Crippen LogP contribution in [0.5, 0.6) is 0 Å². The maximum atomic E-state index is 12.7. The molecule has 0 bridgehead atoms. The fraction of sp³-hybridized carbons (Fsp3) is 0.364. The summed E-state index contributed by atoms with van der Waals surface area (Å²) in [6.45, 7) is 0. The Bertz CT molecular complexity index is 461. The smallest absolute Gasteiger partial charge is 0.298 e. The van der Waals surface area contributed by atoms with Crippen molar-refractivity contribution in [2.24, 2.45) is 0 Å². The molecule has 0 aromatic heterocycles. The largest absolute Gasteiger partial charge is 0.446 e. The molecule has 0 spiro atoms. The molecule has 1 aromatic rings. The Balaban J connectivity index is 3.04. The molecule has 0 aliphatic carbocycles. The molecule has 1 aromatic carbocycles. The van der Waals surface area contributed by atoms with Gasteiger partial charge in [-0.15, -0.1) is 11.6 Å². The summed E-state index contributed by atoms with van der Waals surface area (Å²) in [4.78, 5) is 10.5. The van der Waals surface area contributed by atoms with Crippen LogP contribution in [-0.2, 0) is 11.2 Å². The maximum Gasteiger partial charge on any atom is 0.446 e. The number of hydrogen-bond acceptors (Lipinski definition) is 2. The number of thioether (sulfide) groups is 1. The fourth-order valence-corrected chi connectivity index (χ4v) is 2.12. The van der Waals surface area contributed by atoms with Gasteiger partial charge >= 0.3 is 5.51 Å². The van der Waals surface area contributed by atoms with Crippen LogP contribution in [0.3, 0.4) is 0 Å². The van der Waals surface area contributed by atoms with E-state index in [9.17, 15) is 26.7 Å². The van der Waals surface area contributed by atoms with E-state index in [1.165, 1.54) is 6.07 Å². The quantitative estimate of drug-likeness (QED) is 0.449. The number of alkyl halides is 6. The van der Waals surface area contributed by atoms with Crippen molar-refractivity contribution in [3.05, 3.63) is 29.3 Å². The first kappa shape index (κ1) is 16.2. The predicted octanol–water partition coefficient (Wildman–Crippen LogP) is 4.59. The number of hydrogen-bond donors (Lipinski definition) is 0. The summed E-state index contributed by atoms with van der Waals surface area (Å²) >= 11 is 4.67. The summed E-state index contributed by atoms with van der Waals surface area (Å²) in [5, 5.41) is 0. The van der Waals surface area contributed by atoms with E-state index in [1.54, 1.807) is 0 Å². The Morgan fingerprint density at radius 2 is 1.95 bits per heavy atom. The van der Waals surface area contributed by atoms with Crippen LogP contribution in [0.25, 0.3) is 0 Å². The van der Waals surface area contributed by atoms with Crippen molar-refractivity contribution in [3.63, 3.8) is 0 Å². The van der Waals surface area contributed by atoms with Crippen LogP contribution in [-0.4, -0.2) is 17.2 Å². The minimum atomic E-state index is -4.64. The molecule has 0 N–H and O–H groups in total. The van der Waals surface area contributed by atoms with Crippen LogP contribution in [0.15, 0.2) is 23.1 Å². The normalized spacial score (nSPS) is 11.9. The molecule has 0 aliphatic heterocycles. The third-order valence-electron chi connectivity index (χ3n) is 2.09. The Hall–Kier alpha value is -0.820. The van der Waals surface area contributed by atoms with Gasteiger partial charge in [-0.05, 0) is 29.5 Å². The number of rotatable bonds is 5. The topological polar surface area (TPSA) is 17.1 Å². The zero-order valence-electron chi connectivity index (χ0n) is 9.31. The molecule has 0 amide bonds. The van der Waals surface area contributed by atoms with Crippen LogP contribution in [0.2, 0.25) is 0 Å². The lowest BCUT2D eigenvalue weighted by Crippen LogP contribution is -2.06. The first-order chi connectivity index (χ1) is 8.73. The average Bonchev–Trinajstić information content (AvgIpc) is 2.28. The van der Waals surface area contributed by atoms with E-state index < -0.39 is 39.9 Å². The molecule has 1 nitrogen and oxygen atoms in total. The lowest BCUT2D eigenvalue weighted by molar-refractivity contribution is -0.116. The van der Waals surface area contributed by atoms with Gasteiger partial charge in [0.2, 0.25) is 0 Å². The van der Waals surface area contributed by atoms with E-state index in [0.717, 1.165) is 12.1 Å². The van der Waals surface area contributed by atoms with Crippen LogP contribution >= 0.6 is 23.4 Å². The molecule has 106 valence electrons. The summed E-state index contributed by atoms with van der Waals surface area (Å²) < 4.78 is 62.0. The van der Waals surface area contributed by atoms with Crippen molar-refractivity contribution in [3.8, 4) is 0 Å². The van der Waals surface area contributed by atoms with Crippen molar-refractivity contribution in [2.75, 3.05) is 5.88 Å². The summed E-state index contributed by atoms with van der Waals surface area (Å²) in [6, 6.07) is 3.06. The van der Waals surface area contributed by atoms with Crippen LogP contribution in [0.1, 0.15) is 17.6 Å². The van der Waals surface area contributed by atoms with Gasteiger partial charge in [0, 0.05) is 16.9 Å². The summed E-state index contributed by atoms with van der Waals surface area (Å²) in [7, 11) is 0. The first-order valence-corrected chi connectivity index (χ1v) is 6.32. The van der Waals surface area contributed by atoms with E-state index in [2.05, 4.69) is 0 Å². The second-order valence-electron chi connectivity index (χ2n) is 3.57. The average molecular weight is 319 g/mol. The van der Waals surface area contributed by atoms with Crippen molar-refractivity contribution in [2.45, 2.75) is 23.3 Å². The van der Waals surface area contributed by atoms with Gasteiger partial charge in [0.25, 0.3) is 6.43 Å². The molecule has 8 heteroatoms. The van der Waals surface area contributed by atoms with E-state index in [-0.39, 0.29) is 17.9 Å². The van der Waals surface area contributed by atoms with Gasteiger partial charge in [-0.1, -0.05) is 6.07 Å². The number of halogens is 6. The minimum Gasteiger partial charge on any atom is -0.298 e. The van der Waals surface area contributed by atoms with E-state index in [1.807, 2.05) is 0 Å². The lowest BCUT2D eigenvalue weighted by atomic mass is 10.1. The van der Waals surface area contributed by atoms with Crippen LogP contribution < -0.4 is 0 Å². The molecule has 0 atom stereocenters. The summed E-state index contributed by atoms with van der Waals surface area (Å²) in [5.74, 6) is -0.665. The summed E-state index contributed by atoms with van der Waals surface area (Å²) in [5.41, 5.74) is -5.16. The van der Waals surface area contributed by atoms with Crippen molar-refractivity contribution in [1.82, 2.24) is 0 Å². The molecule has 0 heterocycles. The van der Waals surface area contributed by atoms with E-state index in [0.29, 0.717) is 0 Å². The van der Waals surface area contributed by atoms with Gasteiger partial charge in [-0.2, -0.15) is 13.2 Å². The highest BCUT2D eigenvalue weighted by Gasteiger charge is 2.31. The van der Waals surface area contributed by atoms with Gasteiger partial charge in [-0.25, -0.2) is 8.78 Å². The molecule has 0 saturated carbocycles. The molecule has 0 aliphatic rings. The van der Waals surface area contributed by atoms with Crippen LogP contribution in [0.4, 0.5) is 22.0 Å². The number of carbonyl (C=O) groups is 1. The highest BCUT2D eigenvalue weighted by molar-refractivity contribution is 8.00. The SMILES string of the molecule is O=C(CCl)Cc1ccc(SC(F)(F)F)c(C(F)F)c1. The highest BCUT2D eigenvalue weighted by Crippen LogP contribution is 2.41. The van der Waals surface area contributed by atoms with Crippen molar-refractivity contribution < 1.29 is 26.7 Å². The van der Waals surface area contributed by atoms with Gasteiger partial charge in [0.05, 0.1) is 5.88 Å². The third kappa shape index (κ3) is 5.36. The second kappa shape index (κ2) is 6.56. The Morgan fingerprint density at radius 1 is 1.32 bits per heavy atom.